The van der Waals surface area contributed by atoms with Crippen molar-refractivity contribution < 1.29 is 42.6 Å². The summed E-state index contributed by atoms with van der Waals surface area (Å²) >= 11 is 0. The average molecular weight is 177 g/mol. The molecule has 3 heteroatoms. The molecule has 0 aliphatic rings. The van der Waals surface area contributed by atoms with Gasteiger partial charge in [-0.05, 0) is 13.8 Å². The van der Waals surface area contributed by atoms with Gasteiger partial charge in [0.1, 0.15) is 6.10 Å². The van der Waals surface area contributed by atoms with Crippen LogP contribution in [0.1, 0.15) is 13.8 Å². The van der Waals surface area contributed by atoms with Crippen LogP contribution in [0.25, 0.3) is 0 Å². The van der Waals surface area contributed by atoms with Crippen LogP contribution in [0.5, 0.6) is 0 Å². The molecule has 0 fully saturated rings. The summed E-state index contributed by atoms with van der Waals surface area (Å²) in [6.07, 6.45) is -0.787. The molecule has 7 heavy (non-hydrogen) atoms. The van der Waals surface area contributed by atoms with Gasteiger partial charge in [-0.3, -0.25) is 4.79 Å². The zero-order chi connectivity index (χ0) is 5.15. The Kier molecular flexibility index (Phi) is 7.44. The first-order chi connectivity index (χ1) is 2.64. The largest absolute Gasteiger partial charge is 0.386 e. The Bertz CT molecular complexity index is 60.7. The maximum Gasteiger partial charge on any atom is 0.157 e. The fraction of sp³-hybridized carbons (Fsp3) is 0.750. The number of aliphatic hydroxyl groups is 1. The normalized spacial score (nSPS) is 11.9. The van der Waals surface area contributed by atoms with Crippen LogP contribution in [-0.4, -0.2) is 17.0 Å². The second-order valence-corrected chi connectivity index (χ2v) is 1.29. The number of Topliss-reactive ketones (excluding diaryl/α,β-unsaturated/α-hetero) is 1. The van der Waals surface area contributed by atoms with Gasteiger partial charge in [-0.25, -0.2) is 0 Å². The minimum Gasteiger partial charge on any atom is -0.386 e. The van der Waals surface area contributed by atoms with E-state index in [2.05, 4.69) is 0 Å². The minimum absolute atomic E-state index is 0. The van der Waals surface area contributed by atoms with Gasteiger partial charge in [0.05, 0.1) is 0 Å². The molecule has 0 aromatic heterocycles. The van der Waals surface area contributed by atoms with E-state index in [1.807, 2.05) is 0 Å². The van der Waals surface area contributed by atoms with Crippen molar-refractivity contribution in [2.45, 2.75) is 20.0 Å². The van der Waals surface area contributed by atoms with Crippen LogP contribution >= 0.6 is 0 Å². The summed E-state index contributed by atoms with van der Waals surface area (Å²) in [6, 6.07) is 0. The molecular formula is C4H8O2Y. The predicted octanol–water partition coefficient (Wildman–Crippen LogP) is -0.0463. The molecule has 0 rings (SSSR count). The number of aliphatic hydroxyl groups excluding tert-OH is 1. The van der Waals surface area contributed by atoms with E-state index in [-0.39, 0.29) is 38.5 Å². The first kappa shape index (κ1) is 10.7. The summed E-state index contributed by atoms with van der Waals surface area (Å²) < 4.78 is 0. The molecule has 0 aliphatic heterocycles. The molecule has 0 amide bonds. The summed E-state index contributed by atoms with van der Waals surface area (Å²) in [5, 5.41) is 8.28. The molecule has 1 N–H and O–H groups in total. The molecule has 1 unspecified atom stereocenters. The molecule has 0 aliphatic carbocycles. The van der Waals surface area contributed by atoms with Crippen molar-refractivity contribution in [2.75, 3.05) is 0 Å². The molecule has 0 bridgehead atoms. The van der Waals surface area contributed by atoms with Gasteiger partial charge in [-0.1, -0.05) is 0 Å². The third kappa shape index (κ3) is 6.73. The van der Waals surface area contributed by atoms with Crippen LogP contribution in [0.15, 0.2) is 0 Å². The smallest absolute Gasteiger partial charge is 0.157 e. The van der Waals surface area contributed by atoms with E-state index in [9.17, 15) is 4.79 Å². The van der Waals surface area contributed by atoms with Gasteiger partial charge in [-0.2, -0.15) is 0 Å². The maximum atomic E-state index is 9.89. The van der Waals surface area contributed by atoms with Crippen LogP contribution in [0, 0.1) is 0 Å². The van der Waals surface area contributed by atoms with Crippen molar-refractivity contribution in [3.63, 3.8) is 0 Å². The number of carbonyl (C=O) groups excluding carboxylic acids is 1. The van der Waals surface area contributed by atoms with E-state index in [1.165, 1.54) is 13.8 Å². The molecule has 0 heterocycles. The van der Waals surface area contributed by atoms with Gasteiger partial charge in [0.25, 0.3) is 0 Å². The topological polar surface area (TPSA) is 37.3 Å². The Balaban J connectivity index is 0. The SMILES string of the molecule is CC(=O)C(C)O.[Y]. The number of hydrogen-bond donors (Lipinski definition) is 1. The molecule has 2 nitrogen and oxygen atoms in total. The molecule has 1 atom stereocenters. The predicted molar refractivity (Wildman–Crippen MR) is 22.4 cm³/mol. The Hall–Kier alpha value is 0.734. The number of ketones is 1. The number of hydrogen-bond acceptors (Lipinski definition) is 2. The summed E-state index contributed by atoms with van der Waals surface area (Å²) in [5.41, 5.74) is 0. The van der Waals surface area contributed by atoms with Gasteiger partial charge in [-0.15, -0.1) is 0 Å². The molecule has 0 saturated heterocycles. The molecule has 0 aromatic carbocycles. The van der Waals surface area contributed by atoms with Gasteiger partial charge < -0.3 is 5.11 Å². The van der Waals surface area contributed by atoms with E-state index >= 15 is 0 Å². The Morgan fingerprint density at radius 2 is 1.86 bits per heavy atom. The molecule has 0 aromatic rings. The fourth-order valence-electron chi connectivity index (χ4n) is 0. The molecule has 1 radical (unpaired) electrons. The van der Waals surface area contributed by atoms with Crippen molar-refractivity contribution in [1.29, 1.82) is 0 Å². The van der Waals surface area contributed by atoms with Crippen LogP contribution < -0.4 is 0 Å². The summed E-state index contributed by atoms with van der Waals surface area (Å²) in [4.78, 5) is 9.89. The fourth-order valence-corrected chi connectivity index (χ4v) is 0. The quantitative estimate of drug-likeness (QED) is 0.609. The first-order valence-corrected chi connectivity index (χ1v) is 1.83. The van der Waals surface area contributed by atoms with Gasteiger partial charge in [0.15, 0.2) is 5.78 Å². The van der Waals surface area contributed by atoms with Crippen molar-refractivity contribution in [3.05, 3.63) is 0 Å². The first-order valence-electron chi connectivity index (χ1n) is 1.83. The van der Waals surface area contributed by atoms with Crippen molar-refractivity contribution >= 4 is 5.78 Å². The second-order valence-electron chi connectivity index (χ2n) is 1.29. The minimum atomic E-state index is -0.787. The molecule has 0 saturated carbocycles. The molecule has 0 spiro atoms. The second kappa shape index (κ2) is 4.88. The van der Waals surface area contributed by atoms with Gasteiger partial charge in [0.2, 0.25) is 0 Å². The van der Waals surface area contributed by atoms with Crippen molar-refractivity contribution in [1.82, 2.24) is 0 Å². The van der Waals surface area contributed by atoms with Crippen LogP contribution in [0.3, 0.4) is 0 Å². The van der Waals surface area contributed by atoms with Crippen LogP contribution in [0.4, 0.5) is 0 Å². The third-order valence-corrected chi connectivity index (χ3v) is 0.588. The van der Waals surface area contributed by atoms with E-state index in [4.69, 9.17) is 5.11 Å². The summed E-state index contributed by atoms with van der Waals surface area (Å²) in [7, 11) is 0. The van der Waals surface area contributed by atoms with E-state index < -0.39 is 6.10 Å². The monoisotopic (exact) mass is 177 g/mol. The number of rotatable bonds is 1. The van der Waals surface area contributed by atoms with Crippen molar-refractivity contribution in [2.24, 2.45) is 0 Å². The Labute approximate surface area is 68.2 Å². The average Bonchev–Trinajstić information content (AvgIpc) is 1.36. The molecule has 39 valence electrons. The van der Waals surface area contributed by atoms with Crippen LogP contribution in [-0.2, 0) is 37.5 Å². The Morgan fingerprint density at radius 3 is 1.86 bits per heavy atom. The zero-order valence-corrected chi connectivity index (χ0v) is 7.35. The zero-order valence-electron chi connectivity index (χ0n) is 4.51. The van der Waals surface area contributed by atoms with Gasteiger partial charge >= 0.3 is 0 Å². The van der Waals surface area contributed by atoms with Gasteiger partial charge in [0, 0.05) is 32.7 Å². The van der Waals surface area contributed by atoms with E-state index in [1.54, 1.807) is 0 Å². The molecular weight excluding hydrogens is 169 g/mol. The maximum absolute atomic E-state index is 9.89. The van der Waals surface area contributed by atoms with Crippen LogP contribution in [0.2, 0.25) is 0 Å². The van der Waals surface area contributed by atoms with Crippen molar-refractivity contribution in [3.8, 4) is 0 Å². The van der Waals surface area contributed by atoms with E-state index in [0.29, 0.717) is 0 Å². The third-order valence-electron chi connectivity index (χ3n) is 0.588. The van der Waals surface area contributed by atoms with E-state index in [0.717, 1.165) is 0 Å². The number of carbonyl (C=O) groups is 1. The Morgan fingerprint density at radius 1 is 1.71 bits per heavy atom. The summed E-state index contributed by atoms with van der Waals surface area (Å²) in [6.45, 7) is 2.80. The summed E-state index contributed by atoms with van der Waals surface area (Å²) in [5.74, 6) is -0.185. The standard InChI is InChI=1S/C4H8O2.Y/c1-3(5)4(2)6;/h3,5H,1-2H3;.